The summed E-state index contributed by atoms with van der Waals surface area (Å²) < 4.78 is 0. The lowest BCUT2D eigenvalue weighted by molar-refractivity contribution is 0.0900. The molecule has 3 rings (SSSR count). The maximum atomic E-state index is 12.2. The van der Waals surface area contributed by atoms with Crippen LogP contribution in [0.25, 0.3) is 0 Å². The molecule has 1 aliphatic carbocycles. The average molecular weight is 260 g/mol. The van der Waals surface area contributed by atoms with E-state index in [-0.39, 0.29) is 12.0 Å². The number of carbonyl (C=O) groups is 1. The zero-order valence-electron chi connectivity index (χ0n) is 11.0. The van der Waals surface area contributed by atoms with Gasteiger partial charge in [0.2, 0.25) is 0 Å². The van der Waals surface area contributed by atoms with Crippen molar-refractivity contribution in [3.63, 3.8) is 0 Å². The maximum absolute atomic E-state index is 12.2. The van der Waals surface area contributed by atoms with Crippen LogP contribution in [0.15, 0.2) is 18.2 Å². The van der Waals surface area contributed by atoms with Crippen LogP contribution in [0.2, 0.25) is 0 Å². The second-order valence-corrected chi connectivity index (χ2v) is 5.48. The zero-order valence-corrected chi connectivity index (χ0v) is 11.0. The molecule has 102 valence electrons. The molecule has 4 nitrogen and oxygen atoms in total. The highest BCUT2D eigenvalue weighted by molar-refractivity contribution is 5.97. The van der Waals surface area contributed by atoms with Gasteiger partial charge in [-0.15, -0.1) is 0 Å². The lowest BCUT2D eigenvalue weighted by atomic mass is 9.97. The predicted molar refractivity (Wildman–Crippen MR) is 74.3 cm³/mol. The van der Waals surface area contributed by atoms with E-state index in [9.17, 15) is 9.90 Å². The molecular weight excluding hydrogens is 240 g/mol. The smallest absolute Gasteiger partial charge is 0.251 e. The Morgan fingerprint density at radius 1 is 1.47 bits per heavy atom. The van der Waals surface area contributed by atoms with Crippen molar-refractivity contribution in [2.45, 2.75) is 31.8 Å². The SMILES string of the molecule is O=C(NCC(O)C1CC1)c1cccc2c1CCCN2. The Hall–Kier alpha value is -1.55. The highest BCUT2D eigenvalue weighted by atomic mass is 16.3. The van der Waals surface area contributed by atoms with Crippen LogP contribution in [0.4, 0.5) is 5.69 Å². The Kier molecular flexibility index (Phi) is 3.42. The van der Waals surface area contributed by atoms with Gasteiger partial charge < -0.3 is 15.7 Å². The molecule has 2 aliphatic rings. The first-order valence-corrected chi connectivity index (χ1v) is 7.08. The molecule has 4 heteroatoms. The second kappa shape index (κ2) is 5.21. The van der Waals surface area contributed by atoms with Crippen molar-refractivity contribution >= 4 is 11.6 Å². The first kappa shape index (κ1) is 12.5. The van der Waals surface area contributed by atoms with Gasteiger partial charge in [-0.2, -0.15) is 0 Å². The van der Waals surface area contributed by atoms with E-state index < -0.39 is 0 Å². The summed E-state index contributed by atoms with van der Waals surface area (Å²) in [7, 11) is 0. The topological polar surface area (TPSA) is 61.4 Å². The van der Waals surface area contributed by atoms with Crippen LogP contribution in [-0.2, 0) is 6.42 Å². The number of hydrogen-bond acceptors (Lipinski definition) is 3. The van der Waals surface area contributed by atoms with Gasteiger partial charge in [0, 0.05) is 24.3 Å². The number of anilines is 1. The molecule has 1 heterocycles. The Morgan fingerprint density at radius 3 is 3.11 bits per heavy atom. The van der Waals surface area contributed by atoms with Crippen LogP contribution in [0.3, 0.4) is 0 Å². The molecule has 1 saturated carbocycles. The Bertz CT molecular complexity index is 483. The lowest BCUT2D eigenvalue weighted by Crippen LogP contribution is -2.34. The Balaban J connectivity index is 1.68. The van der Waals surface area contributed by atoms with Gasteiger partial charge in [-0.05, 0) is 49.3 Å². The number of carbonyl (C=O) groups excluding carboxylic acids is 1. The van der Waals surface area contributed by atoms with Crippen molar-refractivity contribution in [2.75, 3.05) is 18.4 Å². The van der Waals surface area contributed by atoms with Gasteiger partial charge in [0.1, 0.15) is 0 Å². The lowest BCUT2D eigenvalue weighted by Gasteiger charge is -2.21. The normalized spacial score (nSPS) is 19.2. The highest BCUT2D eigenvalue weighted by Crippen LogP contribution is 2.32. The third-order valence-corrected chi connectivity index (χ3v) is 3.98. The number of aliphatic hydroxyl groups is 1. The summed E-state index contributed by atoms with van der Waals surface area (Å²) in [5, 5.41) is 16.0. The summed E-state index contributed by atoms with van der Waals surface area (Å²) in [6.07, 6.45) is 3.78. The fourth-order valence-corrected chi connectivity index (χ4v) is 2.66. The van der Waals surface area contributed by atoms with Gasteiger partial charge in [0.25, 0.3) is 5.91 Å². The Labute approximate surface area is 113 Å². The summed E-state index contributed by atoms with van der Waals surface area (Å²) in [6, 6.07) is 5.79. The van der Waals surface area contributed by atoms with Crippen molar-refractivity contribution < 1.29 is 9.90 Å². The van der Waals surface area contributed by atoms with Gasteiger partial charge in [0.05, 0.1) is 6.10 Å². The molecule has 3 N–H and O–H groups in total. The predicted octanol–water partition coefficient (Wildman–Crippen LogP) is 1.55. The van der Waals surface area contributed by atoms with Crippen molar-refractivity contribution in [3.8, 4) is 0 Å². The summed E-state index contributed by atoms with van der Waals surface area (Å²) in [6.45, 7) is 1.33. The van der Waals surface area contributed by atoms with E-state index in [0.717, 1.165) is 49.0 Å². The van der Waals surface area contributed by atoms with Crippen LogP contribution >= 0.6 is 0 Å². The standard InChI is InChI=1S/C15H20N2O2/c18-14(10-6-7-10)9-17-15(19)12-3-1-5-13-11(12)4-2-8-16-13/h1,3,5,10,14,16,18H,2,4,6-9H2,(H,17,19). The van der Waals surface area contributed by atoms with E-state index in [1.165, 1.54) is 0 Å². The minimum Gasteiger partial charge on any atom is -0.391 e. The number of amides is 1. The molecule has 0 aromatic heterocycles. The Morgan fingerprint density at radius 2 is 2.32 bits per heavy atom. The van der Waals surface area contributed by atoms with E-state index in [2.05, 4.69) is 10.6 Å². The van der Waals surface area contributed by atoms with E-state index in [1.54, 1.807) is 0 Å². The molecule has 1 aliphatic heterocycles. The van der Waals surface area contributed by atoms with Crippen LogP contribution in [-0.4, -0.2) is 30.2 Å². The van der Waals surface area contributed by atoms with Crippen LogP contribution in [0.1, 0.15) is 35.2 Å². The third kappa shape index (κ3) is 2.73. The summed E-state index contributed by atoms with van der Waals surface area (Å²) >= 11 is 0. The van der Waals surface area contributed by atoms with E-state index in [0.29, 0.717) is 12.5 Å². The summed E-state index contributed by atoms with van der Waals surface area (Å²) in [5.41, 5.74) is 2.92. The first-order valence-electron chi connectivity index (χ1n) is 7.08. The maximum Gasteiger partial charge on any atom is 0.251 e. The molecule has 19 heavy (non-hydrogen) atoms. The fourth-order valence-electron chi connectivity index (χ4n) is 2.66. The molecule has 1 aromatic carbocycles. The molecular formula is C15H20N2O2. The number of hydrogen-bond donors (Lipinski definition) is 3. The van der Waals surface area contributed by atoms with Gasteiger partial charge in [0.15, 0.2) is 0 Å². The van der Waals surface area contributed by atoms with Crippen molar-refractivity contribution in [3.05, 3.63) is 29.3 Å². The van der Waals surface area contributed by atoms with E-state index >= 15 is 0 Å². The number of aliphatic hydroxyl groups excluding tert-OH is 1. The minimum absolute atomic E-state index is 0.0692. The van der Waals surface area contributed by atoms with Crippen LogP contribution in [0, 0.1) is 5.92 Å². The van der Waals surface area contributed by atoms with Crippen molar-refractivity contribution in [1.82, 2.24) is 5.32 Å². The van der Waals surface area contributed by atoms with Gasteiger partial charge in [-0.3, -0.25) is 4.79 Å². The third-order valence-electron chi connectivity index (χ3n) is 3.98. The molecule has 1 fully saturated rings. The number of benzene rings is 1. The molecule has 0 saturated heterocycles. The molecule has 0 bridgehead atoms. The monoisotopic (exact) mass is 260 g/mol. The number of rotatable bonds is 4. The number of fused-ring (bicyclic) bond motifs is 1. The molecule has 1 unspecified atom stereocenters. The van der Waals surface area contributed by atoms with Crippen LogP contribution in [0.5, 0.6) is 0 Å². The van der Waals surface area contributed by atoms with Crippen molar-refractivity contribution in [2.24, 2.45) is 5.92 Å². The zero-order chi connectivity index (χ0) is 13.2. The quantitative estimate of drug-likeness (QED) is 0.769. The molecule has 0 spiro atoms. The molecule has 1 atom stereocenters. The molecule has 1 aromatic rings. The molecule has 0 radical (unpaired) electrons. The summed E-state index contributed by atoms with van der Waals surface area (Å²) in [4.78, 5) is 12.2. The van der Waals surface area contributed by atoms with Gasteiger partial charge in [-0.1, -0.05) is 6.07 Å². The largest absolute Gasteiger partial charge is 0.391 e. The van der Waals surface area contributed by atoms with Gasteiger partial charge >= 0.3 is 0 Å². The van der Waals surface area contributed by atoms with E-state index in [4.69, 9.17) is 0 Å². The van der Waals surface area contributed by atoms with Crippen LogP contribution < -0.4 is 10.6 Å². The molecule has 1 amide bonds. The first-order chi connectivity index (χ1) is 9.25. The minimum atomic E-state index is -0.387. The highest BCUT2D eigenvalue weighted by Gasteiger charge is 2.30. The second-order valence-electron chi connectivity index (χ2n) is 5.48. The van der Waals surface area contributed by atoms with Gasteiger partial charge in [-0.25, -0.2) is 0 Å². The average Bonchev–Trinajstić information content (AvgIpc) is 3.28. The van der Waals surface area contributed by atoms with E-state index in [1.807, 2.05) is 18.2 Å². The number of nitrogens with one attached hydrogen (secondary N) is 2. The van der Waals surface area contributed by atoms with Crippen molar-refractivity contribution in [1.29, 1.82) is 0 Å². The fraction of sp³-hybridized carbons (Fsp3) is 0.533. The summed E-state index contributed by atoms with van der Waals surface area (Å²) in [5.74, 6) is 0.326.